The minimum Gasteiger partial charge on any atom is -0.477 e. The highest BCUT2D eigenvalue weighted by Gasteiger charge is 2.23. The Hall–Kier alpha value is -2.71. The molecule has 0 radical (unpaired) electrons. The lowest BCUT2D eigenvalue weighted by atomic mass is 10.3. The van der Waals surface area contributed by atoms with Crippen LogP contribution < -0.4 is 4.74 Å². The molecule has 0 saturated carbocycles. The highest BCUT2D eigenvalue weighted by atomic mass is 35.5. The average Bonchev–Trinajstić information content (AvgIpc) is 3.09. The van der Waals surface area contributed by atoms with Crippen molar-refractivity contribution < 1.29 is 14.5 Å². The number of carbonyl (C=O) groups is 1. The molecule has 0 fully saturated rings. The van der Waals surface area contributed by atoms with Gasteiger partial charge in [0.25, 0.3) is 5.91 Å². The molecule has 9 heteroatoms. The van der Waals surface area contributed by atoms with E-state index in [2.05, 4.69) is 4.98 Å². The van der Waals surface area contributed by atoms with Crippen molar-refractivity contribution in [1.29, 1.82) is 0 Å². The molecule has 1 heterocycles. The lowest BCUT2D eigenvalue weighted by Crippen LogP contribution is -2.33. The highest BCUT2D eigenvalue weighted by Crippen LogP contribution is 2.31. The van der Waals surface area contributed by atoms with Crippen LogP contribution in [0.5, 0.6) is 5.75 Å². The number of para-hydroxylation sites is 1. The molecule has 1 aromatic heterocycles. The zero-order chi connectivity index (χ0) is 19.6. The summed E-state index contributed by atoms with van der Waals surface area (Å²) in [6.07, 6.45) is 0. The first-order valence-corrected chi connectivity index (χ1v) is 9.24. The number of amides is 1. The summed E-state index contributed by atoms with van der Waals surface area (Å²) in [6.45, 7) is 1.55. The Bertz CT molecular complexity index is 974. The van der Waals surface area contributed by atoms with Crippen molar-refractivity contribution in [3.05, 3.63) is 62.6 Å². The minimum atomic E-state index is -0.598. The van der Waals surface area contributed by atoms with Gasteiger partial charge in [-0.3, -0.25) is 14.9 Å². The quantitative estimate of drug-likeness (QED) is 0.446. The number of nitro benzene ring substituents is 1. The summed E-state index contributed by atoms with van der Waals surface area (Å²) in [5, 5.41) is 12.1. The third-order valence-corrected chi connectivity index (χ3v) is 5.55. The van der Waals surface area contributed by atoms with Crippen LogP contribution in [0.2, 0.25) is 5.02 Å². The maximum Gasteiger partial charge on any atom is 0.312 e. The molecule has 0 aliphatic carbocycles. The first-order valence-electron chi connectivity index (χ1n) is 8.04. The number of ether oxygens (including phenoxy) is 1. The molecule has 1 amide bonds. The second-order valence-corrected chi connectivity index (χ2v) is 7.36. The SMILES string of the molecule is C[C@@H](c1nc2ccccc2s1)N(C)C(=O)COc1ccc(Cl)cc1[N+](=O)[O-]. The number of hydrogen-bond donors (Lipinski definition) is 0. The molecular weight excluding hydrogens is 390 g/mol. The number of hydrogen-bond acceptors (Lipinski definition) is 6. The van der Waals surface area contributed by atoms with Gasteiger partial charge < -0.3 is 9.64 Å². The van der Waals surface area contributed by atoms with Crippen molar-refractivity contribution >= 4 is 44.7 Å². The fourth-order valence-corrected chi connectivity index (χ4v) is 3.68. The minimum absolute atomic E-state index is 0.00112. The second kappa shape index (κ2) is 7.89. The van der Waals surface area contributed by atoms with Crippen molar-refractivity contribution in [2.24, 2.45) is 0 Å². The van der Waals surface area contributed by atoms with Crippen LogP contribution in [-0.4, -0.2) is 34.4 Å². The predicted molar refractivity (Wildman–Crippen MR) is 104 cm³/mol. The van der Waals surface area contributed by atoms with Gasteiger partial charge in [-0.1, -0.05) is 23.7 Å². The first kappa shape index (κ1) is 19.1. The van der Waals surface area contributed by atoms with E-state index in [0.29, 0.717) is 0 Å². The van der Waals surface area contributed by atoms with E-state index in [1.165, 1.54) is 34.4 Å². The Morgan fingerprint density at radius 3 is 2.81 bits per heavy atom. The molecular formula is C18H16ClN3O4S. The van der Waals surface area contributed by atoms with E-state index in [1.807, 2.05) is 31.2 Å². The Morgan fingerprint density at radius 2 is 2.11 bits per heavy atom. The molecule has 140 valence electrons. The summed E-state index contributed by atoms with van der Waals surface area (Å²) in [7, 11) is 1.65. The Labute approximate surface area is 164 Å². The summed E-state index contributed by atoms with van der Waals surface area (Å²) in [5.41, 5.74) is 0.607. The number of aromatic nitrogens is 1. The van der Waals surface area contributed by atoms with Crippen molar-refractivity contribution in [1.82, 2.24) is 9.88 Å². The van der Waals surface area contributed by atoms with Crippen LogP contribution >= 0.6 is 22.9 Å². The van der Waals surface area contributed by atoms with Crippen LogP contribution in [0.1, 0.15) is 18.0 Å². The van der Waals surface area contributed by atoms with Gasteiger partial charge in [0.2, 0.25) is 0 Å². The zero-order valence-electron chi connectivity index (χ0n) is 14.6. The smallest absolute Gasteiger partial charge is 0.312 e. The predicted octanol–water partition coefficient (Wildman–Crippen LogP) is 4.46. The topological polar surface area (TPSA) is 85.6 Å². The zero-order valence-corrected chi connectivity index (χ0v) is 16.2. The Kier molecular flexibility index (Phi) is 5.57. The van der Waals surface area contributed by atoms with E-state index in [1.54, 1.807) is 7.05 Å². The normalized spacial score (nSPS) is 12.0. The number of nitro groups is 1. The molecule has 0 aliphatic rings. The number of rotatable bonds is 6. The monoisotopic (exact) mass is 405 g/mol. The average molecular weight is 406 g/mol. The fourth-order valence-electron chi connectivity index (χ4n) is 2.45. The third kappa shape index (κ3) is 4.17. The van der Waals surface area contributed by atoms with E-state index in [0.717, 1.165) is 15.2 Å². The van der Waals surface area contributed by atoms with Crippen molar-refractivity contribution in [2.75, 3.05) is 13.7 Å². The Morgan fingerprint density at radius 1 is 1.37 bits per heavy atom. The van der Waals surface area contributed by atoms with Crippen LogP contribution in [0.3, 0.4) is 0 Å². The van der Waals surface area contributed by atoms with Gasteiger partial charge in [0.05, 0.1) is 21.2 Å². The molecule has 1 atom stereocenters. The molecule has 2 aromatic carbocycles. The molecule has 0 bridgehead atoms. The molecule has 7 nitrogen and oxygen atoms in total. The molecule has 0 aliphatic heterocycles. The second-order valence-electron chi connectivity index (χ2n) is 5.86. The summed E-state index contributed by atoms with van der Waals surface area (Å²) < 4.78 is 6.42. The van der Waals surface area contributed by atoms with E-state index in [4.69, 9.17) is 16.3 Å². The number of carbonyl (C=O) groups excluding carboxylic acids is 1. The van der Waals surface area contributed by atoms with E-state index < -0.39 is 4.92 Å². The van der Waals surface area contributed by atoms with Crippen molar-refractivity contribution in [3.8, 4) is 5.75 Å². The van der Waals surface area contributed by atoms with Crippen molar-refractivity contribution in [2.45, 2.75) is 13.0 Å². The summed E-state index contributed by atoms with van der Waals surface area (Å²) in [6, 6.07) is 11.6. The maximum atomic E-state index is 12.5. The van der Waals surface area contributed by atoms with Crippen LogP contribution in [0, 0.1) is 10.1 Å². The highest BCUT2D eigenvalue weighted by molar-refractivity contribution is 7.18. The standard InChI is InChI=1S/C18H16ClN3O4S/c1-11(18-20-13-5-3-4-6-16(13)27-18)21(2)17(23)10-26-15-8-7-12(19)9-14(15)22(24)25/h3-9,11H,10H2,1-2H3/t11-/m0/s1. The van der Waals surface area contributed by atoms with Gasteiger partial charge in [-0.15, -0.1) is 11.3 Å². The summed E-state index contributed by atoms with van der Waals surface area (Å²) >= 11 is 7.30. The summed E-state index contributed by atoms with van der Waals surface area (Å²) in [5.74, 6) is -0.315. The van der Waals surface area contributed by atoms with Crippen molar-refractivity contribution in [3.63, 3.8) is 0 Å². The number of benzene rings is 2. The van der Waals surface area contributed by atoms with Gasteiger partial charge in [0, 0.05) is 18.1 Å². The van der Waals surface area contributed by atoms with Crippen LogP contribution in [0.25, 0.3) is 10.2 Å². The maximum absolute atomic E-state index is 12.5. The largest absolute Gasteiger partial charge is 0.477 e. The summed E-state index contributed by atoms with van der Waals surface area (Å²) in [4.78, 5) is 29.0. The first-order chi connectivity index (χ1) is 12.9. The van der Waals surface area contributed by atoms with Crippen LogP contribution in [-0.2, 0) is 4.79 Å². The van der Waals surface area contributed by atoms with Crippen LogP contribution in [0.15, 0.2) is 42.5 Å². The van der Waals surface area contributed by atoms with Gasteiger partial charge in [-0.05, 0) is 31.2 Å². The molecule has 27 heavy (non-hydrogen) atoms. The molecule has 0 unspecified atom stereocenters. The molecule has 0 saturated heterocycles. The lowest BCUT2D eigenvalue weighted by Gasteiger charge is -2.23. The third-order valence-electron chi connectivity index (χ3n) is 4.11. The number of halogens is 1. The van der Waals surface area contributed by atoms with Gasteiger partial charge in [-0.25, -0.2) is 4.98 Å². The van der Waals surface area contributed by atoms with E-state index in [9.17, 15) is 14.9 Å². The lowest BCUT2D eigenvalue weighted by molar-refractivity contribution is -0.385. The van der Waals surface area contributed by atoms with E-state index >= 15 is 0 Å². The fraction of sp³-hybridized carbons (Fsp3) is 0.222. The number of fused-ring (bicyclic) bond motifs is 1. The van der Waals surface area contributed by atoms with Crippen LogP contribution in [0.4, 0.5) is 5.69 Å². The van der Waals surface area contributed by atoms with Gasteiger partial charge in [0.15, 0.2) is 12.4 Å². The number of likely N-dealkylation sites (N-methyl/N-ethyl adjacent to an activating group) is 1. The Balaban J connectivity index is 1.69. The molecule has 0 spiro atoms. The van der Waals surface area contributed by atoms with Gasteiger partial charge >= 0.3 is 5.69 Å². The van der Waals surface area contributed by atoms with Gasteiger partial charge in [0.1, 0.15) is 5.01 Å². The molecule has 3 aromatic rings. The number of thiazole rings is 1. The molecule has 3 rings (SSSR count). The molecule has 0 N–H and O–H groups in total. The number of nitrogens with zero attached hydrogens (tertiary/aromatic N) is 3. The van der Waals surface area contributed by atoms with Gasteiger partial charge in [-0.2, -0.15) is 0 Å². The van der Waals surface area contributed by atoms with E-state index in [-0.39, 0.29) is 35.0 Å².